The molecular weight excluding hydrogens is 232 g/mol. The van der Waals surface area contributed by atoms with Gasteiger partial charge in [0.05, 0.1) is 12.7 Å². The first-order valence-corrected chi connectivity index (χ1v) is 5.86. The smallest absolute Gasteiger partial charge is 0.338 e. The van der Waals surface area contributed by atoms with Crippen molar-refractivity contribution in [2.75, 3.05) is 7.11 Å². The Morgan fingerprint density at radius 3 is 2.78 bits per heavy atom. The zero-order chi connectivity index (χ0) is 12.7. The number of methoxy groups -OCH3 is 1. The molecule has 18 heavy (non-hydrogen) atoms. The summed E-state index contributed by atoms with van der Waals surface area (Å²) in [6.45, 7) is 0. The second kappa shape index (κ2) is 3.98. The fourth-order valence-electron chi connectivity index (χ4n) is 2.02. The number of carbonyl (C=O) groups is 2. The summed E-state index contributed by atoms with van der Waals surface area (Å²) in [5.41, 5.74) is 0.968. The summed E-state index contributed by atoms with van der Waals surface area (Å²) in [5.74, 6) is 0.0461. The van der Waals surface area contributed by atoms with Crippen LogP contribution in [-0.4, -0.2) is 18.9 Å². The number of esters is 1. The van der Waals surface area contributed by atoms with Gasteiger partial charge in [-0.25, -0.2) is 4.79 Å². The summed E-state index contributed by atoms with van der Waals surface area (Å²) in [4.78, 5) is 23.5. The van der Waals surface area contributed by atoms with Gasteiger partial charge in [-0.3, -0.25) is 4.79 Å². The van der Waals surface area contributed by atoms with Crippen LogP contribution in [0.1, 0.15) is 33.8 Å². The summed E-state index contributed by atoms with van der Waals surface area (Å²) >= 11 is 0. The Labute approximate surface area is 104 Å². The van der Waals surface area contributed by atoms with Gasteiger partial charge in [0.1, 0.15) is 5.58 Å². The zero-order valence-electron chi connectivity index (χ0n) is 9.93. The van der Waals surface area contributed by atoms with Gasteiger partial charge in [-0.2, -0.15) is 0 Å². The van der Waals surface area contributed by atoms with E-state index in [2.05, 4.69) is 0 Å². The standard InChI is InChI=1S/C14H12O4/c1-17-14(16)9-3-2-4-11-10(9)7-12(18-11)13(15)8-5-6-8/h2-4,7-8H,5-6H2,1H3. The number of carbonyl (C=O) groups excluding carboxylic acids is 2. The molecule has 92 valence electrons. The van der Waals surface area contributed by atoms with Crippen LogP contribution < -0.4 is 0 Å². The quantitative estimate of drug-likeness (QED) is 0.615. The molecule has 0 atom stereocenters. The van der Waals surface area contributed by atoms with Crippen LogP contribution in [0.15, 0.2) is 28.7 Å². The van der Waals surface area contributed by atoms with Crippen LogP contribution in [0.5, 0.6) is 0 Å². The van der Waals surface area contributed by atoms with Gasteiger partial charge in [0.25, 0.3) is 0 Å². The molecule has 4 nitrogen and oxygen atoms in total. The van der Waals surface area contributed by atoms with Crippen molar-refractivity contribution in [3.63, 3.8) is 0 Å². The molecule has 3 rings (SSSR count). The van der Waals surface area contributed by atoms with Crippen molar-refractivity contribution in [3.05, 3.63) is 35.6 Å². The van der Waals surface area contributed by atoms with E-state index < -0.39 is 5.97 Å². The minimum Gasteiger partial charge on any atom is -0.465 e. The Hall–Kier alpha value is -2.10. The fourth-order valence-corrected chi connectivity index (χ4v) is 2.02. The Balaban J connectivity index is 2.10. The first-order chi connectivity index (χ1) is 8.70. The van der Waals surface area contributed by atoms with E-state index in [0.717, 1.165) is 12.8 Å². The molecule has 0 saturated heterocycles. The fraction of sp³-hybridized carbons (Fsp3) is 0.286. The van der Waals surface area contributed by atoms with Gasteiger partial charge in [0.2, 0.25) is 5.78 Å². The van der Waals surface area contributed by atoms with E-state index >= 15 is 0 Å². The Kier molecular flexibility index (Phi) is 2.44. The van der Waals surface area contributed by atoms with Crippen LogP contribution in [0.3, 0.4) is 0 Å². The van der Waals surface area contributed by atoms with Gasteiger partial charge in [-0.15, -0.1) is 0 Å². The molecule has 1 aliphatic rings. The molecule has 4 heteroatoms. The second-order valence-electron chi connectivity index (χ2n) is 4.46. The van der Waals surface area contributed by atoms with E-state index in [1.54, 1.807) is 24.3 Å². The average molecular weight is 244 g/mol. The summed E-state index contributed by atoms with van der Waals surface area (Å²) in [6.07, 6.45) is 1.86. The number of ketones is 1. The molecular formula is C14H12O4. The maximum absolute atomic E-state index is 11.9. The molecule has 1 saturated carbocycles. The lowest BCUT2D eigenvalue weighted by Gasteiger charge is -1.98. The van der Waals surface area contributed by atoms with Crippen LogP contribution in [0.2, 0.25) is 0 Å². The van der Waals surface area contributed by atoms with Crippen molar-refractivity contribution in [1.82, 2.24) is 0 Å². The summed E-state index contributed by atoms with van der Waals surface area (Å²) in [7, 11) is 1.33. The van der Waals surface area contributed by atoms with Crippen molar-refractivity contribution < 1.29 is 18.7 Å². The highest BCUT2D eigenvalue weighted by Gasteiger charge is 2.32. The maximum Gasteiger partial charge on any atom is 0.338 e. The van der Waals surface area contributed by atoms with E-state index in [0.29, 0.717) is 22.3 Å². The summed E-state index contributed by atoms with van der Waals surface area (Å²) in [5, 5.41) is 0.633. The number of furan rings is 1. The van der Waals surface area contributed by atoms with Gasteiger partial charge >= 0.3 is 5.97 Å². The first-order valence-electron chi connectivity index (χ1n) is 5.86. The van der Waals surface area contributed by atoms with Crippen LogP contribution in [0.4, 0.5) is 0 Å². The van der Waals surface area contributed by atoms with E-state index in [4.69, 9.17) is 9.15 Å². The molecule has 1 aliphatic carbocycles. The van der Waals surface area contributed by atoms with E-state index in [-0.39, 0.29) is 11.7 Å². The van der Waals surface area contributed by atoms with Crippen LogP contribution >= 0.6 is 0 Å². The predicted molar refractivity (Wildman–Crippen MR) is 64.6 cm³/mol. The zero-order valence-corrected chi connectivity index (χ0v) is 9.93. The number of rotatable bonds is 3. The highest BCUT2D eigenvalue weighted by Crippen LogP contribution is 2.34. The lowest BCUT2D eigenvalue weighted by Crippen LogP contribution is -2.01. The third-order valence-corrected chi connectivity index (χ3v) is 3.16. The second-order valence-corrected chi connectivity index (χ2v) is 4.46. The average Bonchev–Trinajstić information content (AvgIpc) is 3.14. The minimum absolute atomic E-state index is 0.0296. The minimum atomic E-state index is -0.424. The molecule has 0 aliphatic heterocycles. The van der Waals surface area contributed by atoms with Gasteiger partial charge in [0, 0.05) is 11.3 Å². The molecule has 0 unspecified atom stereocenters. The third kappa shape index (κ3) is 1.70. The van der Waals surface area contributed by atoms with Gasteiger partial charge in [-0.05, 0) is 31.0 Å². The van der Waals surface area contributed by atoms with Gasteiger partial charge in [-0.1, -0.05) is 6.07 Å². The van der Waals surface area contributed by atoms with Crippen LogP contribution in [0, 0.1) is 5.92 Å². The molecule has 1 heterocycles. The molecule has 0 amide bonds. The Bertz CT molecular complexity index is 634. The molecule has 0 radical (unpaired) electrons. The lowest BCUT2D eigenvalue weighted by atomic mass is 10.1. The number of hydrogen-bond donors (Lipinski definition) is 0. The molecule has 2 aromatic rings. The van der Waals surface area contributed by atoms with Crippen LogP contribution in [0.25, 0.3) is 11.0 Å². The monoisotopic (exact) mass is 244 g/mol. The van der Waals surface area contributed by atoms with Gasteiger partial charge in [0.15, 0.2) is 5.76 Å². The Morgan fingerprint density at radius 2 is 2.11 bits per heavy atom. The number of ether oxygens (including phenoxy) is 1. The van der Waals surface area contributed by atoms with Crippen molar-refractivity contribution in [2.45, 2.75) is 12.8 Å². The van der Waals surface area contributed by atoms with Crippen molar-refractivity contribution in [1.29, 1.82) is 0 Å². The molecule has 1 aromatic heterocycles. The largest absolute Gasteiger partial charge is 0.465 e. The van der Waals surface area contributed by atoms with Gasteiger partial charge < -0.3 is 9.15 Å². The maximum atomic E-state index is 11.9. The molecule has 0 spiro atoms. The number of benzene rings is 1. The third-order valence-electron chi connectivity index (χ3n) is 3.16. The summed E-state index contributed by atoms with van der Waals surface area (Å²) < 4.78 is 10.2. The van der Waals surface area contributed by atoms with Crippen molar-refractivity contribution >= 4 is 22.7 Å². The number of fused-ring (bicyclic) bond motifs is 1. The van der Waals surface area contributed by atoms with E-state index in [9.17, 15) is 9.59 Å². The number of hydrogen-bond acceptors (Lipinski definition) is 4. The predicted octanol–water partition coefficient (Wildman–Crippen LogP) is 2.81. The van der Waals surface area contributed by atoms with E-state index in [1.165, 1.54) is 7.11 Å². The van der Waals surface area contributed by atoms with E-state index in [1.807, 2.05) is 0 Å². The Morgan fingerprint density at radius 1 is 1.33 bits per heavy atom. The highest BCUT2D eigenvalue weighted by atomic mass is 16.5. The lowest BCUT2D eigenvalue weighted by molar-refractivity contribution is 0.0603. The van der Waals surface area contributed by atoms with Crippen molar-refractivity contribution in [2.24, 2.45) is 5.92 Å². The topological polar surface area (TPSA) is 56.5 Å². The number of Topliss-reactive ketones (excluding diaryl/α,β-unsaturated/α-hetero) is 1. The summed E-state index contributed by atoms with van der Waals surface area (Å²) in [6, 6.07) is 6.76. The highest BCUT2D eigenvalue weighted by molar-refractivity contribution is 6.06. The SMILES string of the molecule is COC(=O)c1cccc2oc(C(=O)C3CC3)cc12. The van der Waals surface area contributed by atoms with Crippen LogP contribution in [-0.2, 0) is 4.74 Å². The molecule has 0 bridgehead atoms. The van der Waals surface area contributed by atoms with Crippen molar-refractivity contribution in [3.8, 4) is 0 Å². The molecule has 1 fully saturated rings. The first kappa shape index (κ1) is 11.0. The normalized spacial score (nSPS) is 14.7. The molecule has 1 aromatic carbocycles. The molecule has 0 N–H and O–H groups in total.